The summed E-state index contributed by atoms with van der Waals surface area (Å²) < 4.78 is 4.83. The number of nitrogens with one attached hydrogen (secondary N) is 1. The molecule has 4 heteroatoms. The molecule has 1 amide bonds. The van der Waals surface area contributed by atoms with Gasteiger partial charge in [-0.3, -0.25) is 4.79 Å². The van der Waals surface area contributed by atoms with Gasteiger partial charge in [-0.25, -0.2) is 0 Å². The third kappa shape index (κ3) is 1.64. The number of ether oxygens (including phenoxy) is 1. The van der Waals surface area contributed by atoms with Crippen molar-refractivity contribution >= 4 is 6.41 Å². The number of hydrogen-bond donors (Lipinski definition) is 1. The van der Waals surface area contributed by atoms with E-state index >= 15 is 0 Å². The lowest BCUT2D eigenvalue weighted by atomic mass is 10.8. The molecule has 0 aromatic heterocycles. The maximum atomic E-state index is 9.63. The van der Waals surface area contributed by atoms with E-state index in [1.165, 1.54) is 0 Å². The zero-order chi connectivity index (χ0) is 6.53. The van der Waals surface area contributed by atoms with Gasteiger partial charge in [0.1, 0.15) is 6.26 Å². The van der Waals surface area contributed by atoms with E-state index in [2.05, 4.69) is 5.32 Å². The number of carbonyl (C=O) groups excluding carboxylic acids is 1. The van der Waals surface area contributed by atoms with Gasteiger partial charge in [-0.15, -0.1) is 0 Å². The van der Waals surface area contributed by atoms with Gasteiger partial charge in [-0.05, 0) is 0 Å². The molecule has 0 unspecified atom stereocenters. The van der Waals surface area contributed by atoms with Crippen molar-refractivity contribution in [1.29, 1.82) is 0 Å². The first-order chi connectivity index (χ1) is 4.43. The summed E-state index contributed by atoms with van der Waals surface area (Å²) in [5, 5.41) is 2.38. The molecule has 0 saturated heterocycles. The molecule has 1 N–H and O–H groups in total. The fourth-order valence-electron chi connectivity index (χ4n) is 0.543. The van der Waals surface area contributed by atoms with Crippen LogP contribution in [0.3, 0.4) is 0 Å². The minimum atomic E-state index is 0.458. The third-order valence-corrected chi connectivity index (χ3v) is 0.963. The molecule has 0 saturated carbocycles. The van der Waals surface area contributed by atoms with E-state index in [0.29, 0.717) is 13.4 Å². The normalized spacial score (nSPS) is 15.3. The Kier molecular flexibility index (Phi) is 1.95. The average molecular weight is 127 g/mol. The monoisotopic (exact) mass is 127 g/mol. The summed E-state index contributed by atoms with van der Waals surface area (Å²) in [4.78, 5) is 11.4. The van der Waals surface area contributed by atoms with Crippen LogP contribution in [0.15, 0.2) is 12.5 Å². The Labute approximate surface area is 53.1 Å². The minimum Gasteiger partial charge on any atom is -0.479 e. The van der Waals surface area contributed by atoms with Crippen LogP contribution >= 0.6 is 0 Å². The first-order valence-corrected chi connectivity index (χ1v) is 2.56. The SMILES string of the molecule is O=[C]NCN1C=COC1. The van der Waals surface area contributed by atoms with Crippen LogP contribution < -0.4 is 5.32 Å². The number of rotatable bonds is 3. The molecule has 0 spiro atoms. The van der Waals surface area contributed by atoms with E-state index in [1.807, 2.05) is 0 Å². The first-order valence-electron chi connectivity index (χ1n) is 2.56. The smallest absolute Gasteiger partial charge is 0.310 e. The molecule has 0 aromatic rings. The summed E-state index contributed by atoms with van der Waals surface area (Å²) in [7, 11) is 0. The van der Waals surface area contributed by atoms with E-state index in [0.717, 1.165) is 0 Å². The van der Waals surface area contributed by atoms with Gasteiger partial charge in [-0.2, -0.15) is 0 Å². The molecule has 1 aliphatic heterocycles. The van der Waals surface area contributed by atoms with E-state index in [9.17, 15) is 4.79 Å². The Morgan fingerprint density at radius 1 is 1.89 bits per heavy atom. The molecule has 0 fully saturated rings. The Morgan fingerprint density at radius 2 is 2.78 bits per heavy atom. The lowest BCUT2D eigenvalue weighted by Crippen LogP contribution is -2.28. The predicted octanol–water partition coefficient (Wildman–Crippen LogP) is -0.638. The molecule has 1 radical (unpaired) electrons. The lowest BCUT2D eigenvalue weighted by molar-refractivity contribution is 0.169. The van der Waals surface area contributed by atoms with Gasteiger partial charge in [0, 0.05) is 6.20 Å². The van der Waals surface area contributed by atoms with Crippen LogP contribution in [0.5, 0.6) is 0 Å². The Balaban J connectivity index is 2.12. The average Bonchev–Trinajstić information content (AvgIpc) is 2.34. The molecular weight excluding hydrogens is 120 g/mol. The van der Waals surface area contributed by atoms with Gasteiger partial charge in [0.15, 0.2) is 6.73 Å². The van der Waals surface area contributed by atoms with Crippen LogP contribution in [-0.2, 0) is 9.53 Å². The van der Waals surface area contributed by atoms with Gasteiger partial charge in [-0.1, -0.05) is 0 Å². The molecule has 1 aliphatic rings. The van der Waals surface area contributed by atoms with E-state index in [4.69, 9.17) is 4.74 Å². The molecule has 0 aliphatic carbocycles. The Hall–Kier alpha value is -1.19. The topological polar surface area (TPSA) is 41.6 Å². The summed E-state index contributed by atoms with van der Waals surface area (Å²) in [6, 6.07) is 0. The standard InChI is InChI=1S/C5H7N2O2/c8-4-6-3-7-1-2-9-5-7/h1-2H,3,5H2,(H,6,8). The molecular formula is C5H7N2O2. The third-order valence-electron chi connectivity index (χ3n) is 0.963. The van der Waals surface area contributed by atoms with Crippen molar-refractivity contribution in [2.75, 3.05) is 13.4 Å². The van der Waals surface area contributed by atoms with Crippen LogP contribution in [-0.4, -0.2) is 24.7 Å². The Bertz CT molecular complexity index is 124. The second-order valence-electron chi connectivity index (χ2n) is 1.61. The first kappa shape index (κ1) is 5.94. The largest absolute Gasteiger partial charge is 0.479 e. The van der Waals surface area contributed by atoms with Crippen molar-refractivity contribution in [1.82, 2.24) is 10.2 Å². The van der Waals surface area contributed by atoms with Crippen molar-refractivity contribution in [2.24, 2.45) is 0 Å². The highest BCUT2D eigenvalue weighted by Crippen LogP contribution is 1.96. The molecule has 9 heavy (non-hydrogen) atoms. The number of nitrogens with zero attached hydrogens (tertiary/aromatic N) is 1. The van der Waals surface area contributed by atoms with E-state index in [-0.39, 0.29) is 0 Å². The highest BCUT2D eigenvalue weighted by atomic mass is 16.5. The molecule has 0 aromatic carbocycles. The van der Waals surface area contributed by atoms with Crippen molar-refractivity contribution in [3.05, 3.63) is 12.5 Å². The van der Waals surface area contributed by atoms with Gasteiger partial charge >= 0.3 is 6.41 Å². The maximum absolute atomic E-state index is 9.63. The molecule has 0 bridgehead atoms. The predicted molar refractivity (Wildman–Crippen MR) is 30.6 cm³/mol. The molecule has 0 atom stereocenters. The van der Waals surface area contributed by atoms with Crippen molar-refractivity contribution < 1.29 is 9.53 Å². The lowest BCUT2D eigenvalue weighted by Gasteiger charge is -2.10. The van der Waals surface area contributed by atoms with Crippen LogP contribution in [0.4, 0.5) is 0 Å². The fourth-order valence-corrected chi connectivity index (χ4v) is 0.543. The molecule has 1 heterocycles. The fraction of sp³-hybridized carbons (Fsp3) is 0.400. The zero-order valence-corrected chi connectivity index (χ0v) is 4.83. The van der Waals surface area contributed by atoms with Crippen LogP contribution in [0.1, 0.15) is 0 Å². The second kappa shape index (κ2) is 2.96. The van der Waals surface area contributed by atoms with Gasteiger partial charge in [0.05, 0.1) is 6.67 Å². The van der Waals surface area contributed by atoms with E-state index < -0.39 is 0 Å². The summed E-state index contributed by atoms with van der Waals surface area (Å²) >= 11 is 0. The van der Waals surface area contributed by atoms with E-state index in [1.54, 1.807) is 23.8 Å². The van der Waals surface area contributed by atoms with Crippen LogP contribution in [0.25, 0.3) is 0 Å². The number of hydrogen-bond acceptors (Lipinski definition) is 3. The van der Waals surface area contributed by atoms with Crippen LogP contribution in [0.2, 0.25) is 0 Å². The molecule has 1 rings (SSSR count). The van der Waals surface area contributed by atoms with Crippen molar-refractivity contribution in [3.8, 4) is 0 Å². The minimum absolute atomic E-state index is 0.458. The summed E-state index contributed by atoms with van der Waals surface area (Å²) in [6.45, 7) is 0.967. The number of amides is 1. The summed E-state index contributed by atoms with van der Waals surface area (Å²) in [5.74, 6) is 0. The molecule has 49 valence electrons. The highest BCUT2D eigenvalue weighted by molar-refractivity contribution is 5.46. The maximum Gasteiger partial charge on any atom is 0.310 e. The summed E-state index contributed by atoms with van der Waals surface area (Å²) in [6.07, 6.45) is 4.89. The Morgan fingerprint density at radius 3 is 3.33 bits per heavy atom. The molecule has 4 nitrogen and oxygen atoms in total. The van der Waals surface area contributed by atoms with Gasteiger partial charge in [0.25, 0.3) is 0 Å². The van der Waals surface area contributed by atoms with Crippen molar-refractivity contribution in [2.45, 2.75) is 0 Å². The highest BCUT2D eigenvalue weighted by Gasteiger charge is 2.01. The van der Waals surface area contributed by atoms with Crippen LogP contribution in [0, 0.1) is 0 Å². The summed E-state index contributed by atoms with van der Waals surface area (Å²) in [5.41, 5.74) is 0. The van der Waals surface area contributed by atoms with Gasteiger partial charge in [0.2, 0.25) is 0 Å². The van der Waals surface area contributed by atoms with Gasteiger partial charge < -0.3 is 15.0 Å². The quantitative estimate of drug-likeness (QED) is 0.513. The van der Waals surface area contributed by atoms with Crippen molar-refractivity contribution in [3.63, 3.8) is 0 Å². The second-order valence-corrected chi connectivity index (χ2v) is 1.61. The zero-order valence-electron chi connectivity index (χ0n) is 4.83.